The van der Waals surface area contributed by atoms with Crippen molar-refractivity contribution in [3.63, 3.8) is 0 Å². The van der Waals surface area contributed by atoms with Gasteiger partial charge < -0.3 is 29.3 Å². The molecule has 2 aromatic carbocycles. The average molecular weight is 765 g/mol. The highest BCUT2D eigenvalue weighted by Crippen LogP contribution is 2.60. The lowest BCUT2D eigenvalue weighted by molar-refractivity contribution is -0.164. The molecule has 2 aromatic rings. The Labute approximate surface area is 309 Å². The molecule has 3 heterocycles. The molecule has 2 bridgehead atoms. The number of ether oxygens (including phenoxy) is 2. The minimum atomic E-state index is -1.25. The van der Waals surface area contributed by atoms with Gasteiger partial charge in [0.25, 0.3) is 0 Å². The first kappa shape index (κ1) is 38.4. The van der Waals surface area contributed by atoms with Gasteiger partial charge in [0, 0.05) is 44.5 Å². The van der Waals surface area contributed by atoms with Gasteiger partial charge in [-0.1, -0.05) is 88.7 Å². The number of benzene rings is 2. The van der Waals surface area contributed by atoms with Crippen LogP contribution in [0.1, 0.15) is 62.7 Å². The zero-order valence-corrected chi connectivity index (χ0v) is 31.2. The molecule has 0 aromatic heterocycles. The van der Waals surface area contributed by atoms with Crippen molar-refractivity contribution in [1.82, 2.24) is 14.7 Å². The Morgan fingerprint density at radius 1 is 1.08 bits per heavy atom. The summed E-state index contributed by atoms with van der Waals surface area (Å²) in [5, 5.41) is 9.41. The molecule has 1 N–H and O–H groups in total. The minimum absolute atomic E-state index is 0.0348. The minimum Gasteiger partial charge on any atom is -0.455 e. The highest BCUT2D eigenvalue weighted by atomic mass is 79.9. The molecule has 0 radical (unpaired) electrons. The smallest absolute Gasteiger partial charge is 0.313 e. The predicted octanol–water partition coefficient (Wildman–Crippen LogP) is 5.21. The maximum absolute atomic E-state index is 14.7. The van der Waals surface area contributed by atoms with Gasteiger partial charge in [0.2, 0.25) is 17.7 Å². The number of fused-ring (bicyclic) bond motifs is 1. The molecule has 3 aliphatic heterocycles. The number of aliphatic hydroxyl groups excluding tert-OH is 1. The summed E-state index contributed by atoms with van der Waals surface area (Å²) >= 11 is 3.76. The number of likely N-dealkylation sites (tertiary alicyclic amines) is 1. The molecular formula is C40H50BrN3O7. The topological polar surface area (TPSA) is 117 Å². The predicted molar refractivity (Wildman–Crippen MR) is 197 cm³/mol. The number of alkyl halides is 1. The van der Waals surface area contributed by atoms with Gasteiger partial charge in [-0.05, 0) is 50.2 Å². The molecule has 0 aliphatic carbocycles. The van der Waals surface area contributed by atoms with Crippen molar-refractivity contribution in [1.29, 1.82) is 0 Å². The number of hydrogen-bond donors (Lipinski definition) is 1. The molecule has 1 unspecified atom stereocenters. The monoisotopic (exact) mass is 763 g/mol. The van der Waals surface area contributed by atoms with Crippen LogP contribution in [0.2, 0.25) is 0 Å². The van der Waals surface area contributed by atoms with Crippen LogP contribution in [-0.2, 0) is 35.2 Å². The van der Waals surface area contributed by atoms with Crippen LogP contribution < -0.4 is 0 Å². The van der Waals surface area contributed by atoms with Crippen LogP contribution in [0.15, 0.2) is 86.0 Å². The molecule has 10 nitrogen and oxygen atoms in total. The van der Waals surface area contributed by atoms with E-state index in [2.05, 4.69) is 29.1 Å². The maximum Gasteiger partial charge on any atom is 0.313 e. The van der Waals surface area contributed by atoms with Crippen LogP contribution in [0.3, 0.4) is 0 Å². The van der Waals surface area contributed by atoms with Gasteiger partial charge in [-0.2, -0.15) is 0 Å². The molecule has 0 saturated carbocycles. The van der Waals surface area contributed by atoms with E-state index in [4.69, 9.17) is 9.47 Å². The van der Waals surface area contributed by atoms with Crippen LogP contribution >= 0.6 is 15.9 Å². The average Bonchev–Trinajstić information content (AvgIpc) is 3.73. The summed E-state index contributed by atoms with van der Waals surface area (Å²) in [6.45, 7) is 10.3. The number of allylic oxidation sites excluding steroid dienone is 1. The van der Waals surface area contributed by atoms with Crippen LogP contribution in [0, 0.1) is 11.8 Å². The maximum atomic E-state index is 14.7. The van der Waals surface area contributed by atoms with Gasteiger partial charge in [-0.25, -0.2) is 0 Å². The molecule has 3 saturated heterocycles. The van der Waals surface area contributed by atoms with Crippen molar-refractivity contribution in [2.24, 2.45) is 11.8 Å². The van der Waals surface area contributed by atoms with Crippen molar-refractivity contribution in [3.05, 3.63) is 97.1 Å². The van der Waals surface area contributed by atoms with Crippen molar-refractivity contribution in [3.8, 4) is 0 Å². The summed E-state index contributed by atoms with van der Waals surface area (Å²) in [6.07, 6.45) is 4.84. The number of aliphatic hydroxyl groups is 1. The molecular weight excluding hydrogens is 714 g/mol. The first-order valence-corrected chi connectivity index (χ1v) is 18.8. The number of rotatable bonds is 18. The van der Waals surface area contributed by atoms with E-state index in [0.29, 0.717) is 44.2 Å². The lowest BCUT2D eigenvalue weighted by atomic mass is 9.70. The van der Waals surface area contributed by atoms with E-state index in [1.54, 1.807) is 33.9 Å². The van der Waals surface area contributed by atoms with E-state index in [-0.39, 0.29) is 48.7 Å². The molecule has 11 heteroatoms. The van der Waals surface area contributed by atoms with Crippen molar-refractivity contribution in [2.45, 2.75) is 86.7 Å². The quantitative estimate of drug-likeness (QED) is 0.0960. The zero-order chi connectivity index (χ0) is 36.7. The van der Waals surface area contributed by atoms with Gasteiger partial charge >= 0.3 is 5.97 Å². The second kappa shape index (κ2) is 17.1. The van der Waals surface area contributed by atoms with Crippen LogP contribution in [-0.4, -0.2) is 98.9 Å². The summed E-state index contributed by atoms with van der Waals surface area (Å²) in [6, 6.07) is 17.4. The molecule has 8 atom stereocenters. The first-order valence-electron chi connectivity index (χ1n) is 17.9. The van der Waals surface area contributed by atoms with E-state index in [1.165, 1.54) is 0 Å². The highest BCUT2D eigenvalue weighted by Gasteiger charge is 2.77. The van der Waals surface area contributed by atoms with E-state index in [1.807, 2.05) is 67.6 Å². The number of amides is 3. The van der Waals surface area contributed by atoms with E-state index in [9.17, 15) is 24.3 Å². The van der Waals surface area contributed by atoms with E-state index >= 15 is 0 Å². The summed E-state index contributed by atoms with van der Waals surface area (Å²) in [5.41, 5.74) is 0.397. The lowest BCUT2D eigenvalue weighted by Gasteiger charge is -2.37. The van der Waals surface area contributed by atoms with Crippen molar-refractivity contribution in [2.75, 3.05) is 26.7 Å². The molecule has 5 rings (SSSR count). The van der Waals surface area contributed by atoms with Gasteiger partial charge in [0.15, 0.2) is 0 Å². The summed E-state index contributed by atoms with van der Waals surface area (Å²) in [4.78, 5) is 61.5. The van der Waals surface area contributed by atoms with Crippen molar-refractivity contribution < 1.29 is 33.8 Å². The summed E-state index contributed by atoms with van der Waals surface area (Å²) in [5.74, 6) is -3.18. The van der Waals surface area contributed by atoms with Crippen LogP contribution in [0.5, 0.6) is 0 Å². The van der Waals surface area contributed by atoms with Gasteiger partial charge in [-0.3, -0.25) is 19.2 Å². The Morgan fingerprint density at radius 3 is 2.41 bits per heavy atom. The standard InChI is InChI=1S/C40H50BrN3O7/c1-5-7-21-31(46)42(4)27(3)34(29-19-13-9-14-20-29)50-39(49)32-33-37(47)44(23-15-10-16-24-45)36(40(33)25-30(41)35(32)51-40)38(48)43(22-6-2)26-28-17-11-8-12-18-28/h5-6,8-9,11-14,17-20,27,30,32-36,45H,1-2,7,10,15-16,21-26H2,3-4H3/t27-,30?,32-,33+,34+,35-,36-,40+/m0/s1. The highest BCUT2D eigenvalue weighted by molar-refractivity contribution is 9.09. The number of likely N-dealkylation sites (N-methyl/N-ethyl adjacent to an activating group) is 1. The number of unbranched alkanes of at least 4 members (excludes halogenated alkanes) is 2. The Balaban J connectivity index is 1.48. The first-order chi connectivity index (χ1) is 24.6. The molecule has 3 amide bonds. The third kappa shape index (κ3) is 7.85. The van der Waals surface area contributed by atoms with Gasteiger partial charge in [0.05, 0.1) is 24.0 Å². The molecule has 51 heavy (non-hydrogen) atoms. The molecule has 274 valence electrons. The summed E-state index contributed by atoms with van der Waals surface area (Å²) in [7, 11) is 1.69. The SMILES string of the molecule is C=CCCC(=O)N(C)[C@@H](C)[C@@H](OC(=O)[C@@H]1[C@H]2O[C@@]3(CC2Br)[C@H](C(=O)N(CC=C)Cc2ccccc2)N(CCCCCO)C(=O)[C@@H]13)c1ccccc1. The fourth-order valence-corrected chi connectivity index (χ4v) is 8.92. The molecule has 1 spiro atoms. The largest absolute Gasteiger partial charge is 0.455 e. The molecule has 3 fully saturated rings. The Hall–Kier alpha value is -3.80. The third-order valence-corrected chi connectivity index (χ3v) is 11.5. The van der Waals surface area contributed by atoms with E-state index < -0.39 is 47.7 Å². The normalized spacial score (nSPS) is 25.9. The lowest BCUT2D eigenvalue weighted by Crippen LogP contribution is -2.56. The van der Waals surface area contributed by atoms with Crippen LogP contribution in [0.4, 0.5) is 0 Å². The van der Waals surface area contributed by atoms with Crippen LogP contribution in [0.25, 0.3) is 0 Å². The van der Waals surface area contributed by atoms with Gasteiger partial charge in [0.1, 0.15) is 17.7 Å². The number of esters is 1. The number of carbonyl (C=O) groups is 4. The van der Waals surface area contributed by atoms with Crippen molar-refractivity contribution >= 4 is 39.6 Å². The number of halogens is 1. The van der Waals surface area contributed by atoms with Gasteiger partial charge in [-0.15, -0.1) is 13.2 Å². The number of hydrogen-bond acceptors (Lipinski definition) is 7. The summed E-state index contributed by atoms with van der Waals surface area (Å²) < 4.78 is 13.1. The zero-order valence-electron chi connectivity index (χ0n) is 29.6. The fraction of sp³-hybridized carbons (Fsp3) is 0.500. The Bertz CT molecular complexity index is 1560. The Kier molecular flexibility index (Phi) is 12.9. The number of carbonyl (C=O) groups excluding carboxylic acids is 4. The third-order valence-electron chi connectivity index (χ3n) is 10.6. The van der Waals surface area contributed by atoms with E-state index in [0.717, 1.165) is 5.56 Å². The fourth-order valence-electron chi connectivity index (χ4n) is 7.98. The number of nitrogens with zero attached hydrogens (tertiary/aromatic N) is 3. The second-order valence-electron chi connectivity index (χ2n) is 13.8. The molecule has 3 aliphatic rings. The Morgan fingerprint density at radius 2 is 1.76 bits per heavy atom. The second-order valence-corrected chi connectivity index (χ2v) is 15.0.